The van der Waals surface area contributed by atoms with Gasteiger partial charge in [0.05, 0.1) is 10.6 Å². The van der Waals surface area contributed by atoms with E-state index in [9.17, 15) is 18.0 Å². The van der Waals surface area contributed by atoms with Gasteiger partial charge < -0.3 is 5.32 Å². The van der Waals surface area contributed by atoms with Gasteiger partial charge in [0.15, 0.2) is 0 Å². The van der Waals surface area contributed by atoms with Crippen LogP contribution in [0.3, 0.4) is 0 Å². The molecule has 1 amide bonds. The molecule has 0 unspecified atom stereocenters. The van der Waals surface area contributed by atoms with Gasteiger partial charge in [0.2, 0.25) is 12.4 Å². The molecule has 1 aromatic heterocycles. The highest BCUT2D eigenvalue weighted by Gasteiger charge is 2.30. The molecular weight excluding hydrogens is 321 g/mol. The lowest BCUT2D eigenvalue weighted by Gasteiger charge is -2.09. The van der Waals surface area contributed by atoms with Crippen molar-refractivity contribution in [3.05, 3.63) is 58.9 Å². The Labute approximate surface area is 129 Å². The molecule has 0 aliphatic carbocycles. The van der Waals surface area contributed by atoms with E-state index < -0.39 is 17.6 Å². The second-order valence-corrected chi connectivity index (χ2v) is 4.69. The van der Waals surface area contributed by atoms with E-state index in [2.05, 4.69) is 5.32 Å². The average Bonchev–Trinajstić information content (AvgIpc) is 2.47. The monoisotopic (exact) mass is 331 g/mol. The van der Waals surface area contributed by atoms with E-state index in [-0.39, 0.29) is 16.3 Å². The number of alkyl halides is 3. The summed E-state index contributed by atoms with van der Waals surface area (Å²) in [5, 5.41) is 2.52. The maximum absolute atomic E-state index is 12.6. The first-order valence-corrected chi connectivity index (χ1v) is 6.43. The Hall–Kier alpha value is -2.28. The highest BCUT2D eigenvalue weighted by atomic mass is 35.5. The van der Waals surface area contributed by atoms with Gasteiger partial charge in [-0.1, -0.05) is 17.7 Å². The van der Waals surface area contributed by atoms with Crippen LogP contribution in [0.5, 0.6) is 0 Å². The molecule has 2 rings (SSSR count). The largest absolute Gasteiger partial charge is 0.416 e. The van der Waals surface area contributed by atoms with Crippen LogP contribution in [0.1, 0.15) is 15.9 Å². The topological polar surface area (TPSA) is 42.2 Å². The summed E-state index contributed by atoms with van der Waals surface area (Å²) in [7, 11) is 1.39. The van der Waals surface area contributed by atoms with Gasteiger partial charge in [-0.3, -0.25) is 9.63 Å². The van der Waals surface area contributed by atoms with Gasteiger partial charge in [-0.05, 0) is 18.2 Å². The lowest BCUT2D eigenvalue weighted by atomic mass is 10.2. The maximum atomic E-state index is 12.6. The third kappa shape index (κ3) is 3.67. The summed E-state index contributed by atoms with van der Waals surface area (Å²) in [6, 6.07) is 5.77. The van der Waals surface area contributed by atoms with Crippen LogP contribution in [0, 0.1) is 0 Å². The molecule has 116 valence electrons. The molecule has 0 bridgehead atoms. The van der Waals surface area contributed by atoms with Gasteiger partial charge in [0, 0.05) is 16.5 Å². The van der Waals surface area contributed by atoms with E-state index >= 15 is 0 Å². The van der Waals surface area contributed by atoms with Crippen LogP contribution in [0.25, 0.3) is 0 Å². The van der Waals surface area contributed by atoms with Crippen molar-refractivity contribution >= 4 is 23.2 Å². The Bertz CT molecular complexity index is 705. The van der Waals surface area contributed by atoms with Crippen LogP contribution in [0.2, 0.25) is 5.02 Å². The van der Waals surface area contributed by atoms with E-state index in [1.54, 1.807) is 0 Å². The van der Waals surface area contributed by atoms with Crippen LogP contribution in [-0.2, 0) is 6.18 Å². The summed E-state index contributed by atoms with van der Waals surface area (Å²) >= 11 is 5.91. The molecule has 0 fully saturated rings. The number of rotatable bonds is 3. The number of pyridine rings is 1. The zero-order valence-electron chi connectivity index (χ0n) is 11.3. The van der Waals surface area contributed by atoms with E-state index in [1.165, 1.54) is 42.4 Å². The second-order valence-electron chi connectivity index (χ2n) is 4.28. The predicted molar refractivity (Wildman–Crippen MR) is 73.5 cm³/mol. The summed E-state index contributed by atoms with van der Waals surface area (Å²) in [5.41, 5.74) is -0.761. The van der Waals surface area contributed by atoms with Gasteiger partial charge in [0.1, 0.15) is 12.7 Å². The van der Waals surface area contributed by atoms with Crippen molar-refractivity contribution in [1.82, 2.24) is 0 Å². The number of anilines is 1. The first kappa shape index (κ1) is 16.1. The first-order valence-electron chi connectivity index (χ1n) is 6.05. The zero-order chi connectivity index (χ0) is 16.3. The minimum Gasteiger partial charge on any atom is -0.322 e. The molecule has 0 aliphatic rings. The Morgan fingerprint density at radius 3 is 2.68 bits per heavy atom. The molecule has 22 heavy (non-hydrogen) atoms. The molecule has 0 aliphatic heterocycles. The number of benzene rings is 1. The minimum absolute atomic E-state index is 0.0173. The fourth-order valence-electron chi connectivity index (χ4n) is 1.71. The molecule has 0 radical (unpaired) electrons. The molecular formula is C14H11ClF3N2O2+. The zero-order valence-corrected chi connectivity index (χ0v) is 12.1. The quantitative estimate of drug-likeness (QED) is 0.879. The number of hydrogen-bond acceptors (Lipinski definition) is 2. The van der Waals surface area contributed by atoms with Gasteiger partial charge in [-0.15, -0.1) is 0 Å². The van der Waals surface area contributed by atoms with E-state index in [4.69, 9.17) is 16.4 Å². The lowest BCUT2D eigenvalue weighted by Crippen LogP contribution is -2.40. The predicted octanol–water partition coefficient (Wildman–Crippen LogP) is 2.96. The van der Waals surface area contributed by atoms with Crippen LogP contribution in [-0.4, -0.2) is 13.0 Å². The maximum Gasteiger partial charge on any atom is 0.416 e. The molecule has 0 spiro atoms. The third-order valence-corrected chi connectivity index (χ3v) is 3.11. The Morgan fingerprint density at radius 1 is 1.32 bits per heavy atom. The van der Waals surface area contributed by atoms with Crippen LogP contribution in [0.15, 0.2) is 42.7 Å². The van der Waals surface area contributed by atoms with Crippen LogP contribution < -0.4 is 14.9 Å². The normalized spacial score (nSPS) is 11.1. The highest BCUT2D eigenvalue weighted by molar-refractivity contribution is 6.34. The molecule has 0 saturated heterocycles. The molecule has 1 heterocycles. The van der Waals surface area contributed by atoms with Gasteiger partial charge in [0.25, 0.3) is 5.91 Å². The van der Waals surface area contributed by atoms with Crippen molar-refractivity contribution in [2.24, 2.45) is 0 Å². The van der Waals surface area contributed by atoms with Gasteiger partial charge in [-0.25, -0.2) is 0 Å². The van der Waals surface area contributed by atoms with Crippen molar-refractivity contribution in [2.45, 2.75) is 6.18 Å². The van der Waals surface area contributed by atoms with Crippen molar-refractivity contribution in [2.75, 3.05) is 12.4 Å². The fourth-order valence-corrected chi connectivity index (χ4v) is 1.90. The molecule has 0 saturated carbocycles. The smallest absolute Gasteiger partial charge is 0.322 e. The molecule has 2 aromatic rings. The molecule has 0 atom stereocenters. The van der Waals surface area contributed by atoms with Crippen molar-refractivity contribution < 1.29 is 27.5 Å². The lowest BCUT2D eigenvalue weighted by molar-refractivity contribution is -0.885. The second kappa shape index (κ2) is 6.23. The van der Waals surface area contributed by atoms with Crippen molar-refractivity contribution in [1.29, 1.82) is 0 Å². The minimum atomic E-state index is -4.48. The number of nitrogens with one attached hydrogen (secondary N) is 1. The average molecular weight is 332 g/mol. The van der Waals surface area contributed by atoms with Crippen LogP contribution in [0.4, 0.5) is 18.9 Å². The number of halogens is 4. The Morgan fingerprint density at radius 2 is 2.05 bits per heavy atom. The summed E-state index contributed by atoms with van der Waals surface area (Å²) < 4.78 is 39.2. The summed E-state index contributed by atoms with van der Waals surface area (Å²) in [6.45, 7) is 0. The summed E-state index contributed by atoms with van der Waals surface area (Å²) in [6.07, 6.45) is -1.67. The number of hydrogen-bond donors (Lipinski definition) is 1. The SMILES string of the molecule is CO[n+]1ccc(Cl)c(C(=O)Nc2cccc(C(F)(F)F)c2)c1. The first-order chi connectivity index (χ1) is 10.3. The molecule has 8 heteroatoms. The standard InChI is InChI=1S/C14H10ClF3N2O2/c1-22-20-6-5-12(15)11(8-20)13(21)19-10-4-2-3-9(7-10)14(16,17)18/h2-8H,1H3/p+1. The number of nitrogens with zero attached hydrogens (tertiary/aromatic N) is 1. The summed E-state index contributed by atoms with van der Waals surface area (Å²) in [4.78, 5) is 17.0. The van der Waals surface area contributed by atoms with Crippen molar-refractivity contribution in [3.63, 3.8) is 0 Å². The Balaban J connectivity index is 2.26. The molecule has 4 nitrogen and oxygen atoms in total. The fraction of sp³-hybridized carbons (Fsp3) is 0.143. The van der Waals surface area contributed by atoms with E-state index in [1.807, 2.05) is 0 Å². The highest BCUT2D eigenvalue weighted by Crippen LogP contribution is 2.30. The van der Waals surface area contributed by atoms with Crippen molar-refractivity contribution in [3.8, 4) is 0 Å². The number of carbonyl (C=O) groups excluding carboxylic acids is 1. The molecule has 1 N–H and O–H groups in total. The Kier molecular flexibility index (Phi) is 4.56. The van der Waals surface area contributed by atoms with Crippen LogP contribution >= 0.6 is 11.6 Å². The number of amides is 1. The third-order valence-electron chi connectivity index (χ3n) is 2.78. The molecule has 1 aromatic carbocycles. The number of carbonyl (C=O) groups is 1. The van der Waals surface area contributed by atoms with E-state index in [0.717, 1.165) is 12.1 Å². The number of aromatic nitrogens is 1. The summed E-state index contributed by atoms with van der Waals surface area (Å²) in [5.74, 6) is -0.643. The van der Waals surface area contributed by atoms with E-state index in [0.29, 0.717) is 0 Å². The van der Waals surface area contributed by atoms with Gasteiger partial charge in [-0.2, -0.15) is 13.2 Å². The van der Waals surface area contributed by atoms with Gasteiger partial charge >= 0.3 is 6.18 Å².